The Morgan fingerprint density at radius 1 is 0.353 bits per heavy atom. The Bertz CT molecular complexity index is 314. The Morgan fingerprint density at radius 3 is 0.735 bits per heavy atom. The van der Waals surface area contributed by atoms with E-state index in [1.165, 1.54) is 173 Å². The highest BCUT2D eigenvalue weighted by Gasteiger charge is 2.02. The van der Waals surface area contributed by atoms with Crippen molar-refractivity contribution in [3.8, 4) is 0 Å². The summed E-state index contributed by atoms with van der Waals surface area (Å²) < 4.78 is 0. The molecule has 0 rings (SSSR count). The number of unbranched alkanes of at least 4 members (excludes halogenated alkanes) is 23. The zero-order valence-electron chi connectivity index (χ0n) is 25.2. The molecule has 0 radical (unpaired) electrons. The fourth-order valence-corrected chi connectivity index (χ4v) is 4.99. The largest absolute Gasteiger partial charge is 0.323 e. The summed E-state index contributed by atoms with van der Waals surface area (Å²) >= 11 is 0. The smallest absolute Gasteiger partial charge is 0.0167 e. The monoisotopic (exact) mass is 482 g/mol. The van der Waals surface area contributed by atoms with E-state index < -0.39 is 0 Å². The molecule has 0 spiro atoms. The lowest BCUT2D eigenvalue weighted by atomic mass is 9.95. The summed E-state index contributed by atoms with van der Waals surface area (Å²) in [5.74, 6) is 0.968. The maximum atomic E-state index is 2.75. The van der Waals surface area contributed by atoms with Crippen molar-refractivity contribution < 1.29 is 0 Å². The molecule has 0 heterocycles. The SMILES string of the molecule is CCCCCCCCCCCCCCCC(C)CCCCCCCCCCCCCC.CNC. The predicted molar refractivity (Wildman–Crippen MR) is 160 cm³/mol. The lowest BCUT2D eigenvalue weighted by Crippen LogP contribution is -1.95. The van der Waals surface area contributed by atoms with E-state index in [0.29, 0.717) is 0 Å². The third-order valence-electron chi connectivity index (χ3n) is 7.35. The van der Waals surface area contributed by atoms with Crippen LogP contribution >= 0.6 is 0 Å². The number of nitrogens with one attached hydrogen (secondary N) is 1. The zero-order valence-corrected chi connectivity index (χ0v) is 25.2. The second-order valence-corrected chi connectivity index (χ2v) is 11.3. The van der Waals surface area contributed by atoms with Crippen molar-refractivity contribution in [2.24, 2.45) is 5.92 Å². The second-order valence-electron chi connectivity index (χ2n) is 11.3. The van der Waals surface area contributed by atoms with Gasteiger partial charge in [-0.3, -0.25) is 0 Å². The van der Waals surface area contributed by atoms with Crippen molar-refractivity contribution in [1.29, 1.82) is 0 Å². The van der Waals surface area contributed by atoms with Crippen LogP contribution in [-0.4, -0.2) is 14.1 Å². The predicted octanol–water partition coefficient (Wildman–Crippen LogP) is 12.0. The fraction of sp³-hybridized carbons (Fsp3) is 1.00. The van der Waals surface area contributed by atoms with Gasteiger partial charge >= 0.3 is 0 Å². The average Bonchev–Trinajstić information content (AvgIpc) is 2.83. The summed E-state index contributed by atoms with van der Waals surface area (Å²) in [6.45, 7) is 7.11. The van der Waals surface area contributed by atoms with Crippen LogP contribution in [0.3, 0.4) is 0 Å². The highest BCUT2D eigenvalue weighted by Crippen LogP contribution is 2.19. The van der Waals surface area contributed by atoms with Crippen LogP contribution in [0.1, 0.15) is 194 Å². The van der Waals surface area contributed by atoms with Gasteiger partial charge < -0.3 is 5.32 Å². The fourth-order valence-electron chi connectivity index (χ4n) is 4.99. The first-order valence-corrected chi connectivity index (χ1v) is 16.3. The van der Waals surface area contributed by atoms with E-state index in [4.69, 9.17) is 0 Å². The van der Waals surface area contributed by atoms with Gasteiger partial charge in [-0.15, -0.1) is 0 Å². The molecule has 0 fully saturated rings. The highest BCUT2D eigenvalue weighted by atomic mass is 14.7. The van der Waals surface area contributed by atoms with Gasteiger partial charge in [0.05, 0.1) is 0 Å². The topological polar surface area (TPSA) is 12.0 Å². The van der Waals surface area contributed by atoms with E-state index in [1.54, 1.807) is 0 Å². The molecule has 0 saturated carbocycles. The molecule has 0 aliphatic rings. The maximum Gasteiger partial charge on any atom is -0.0167 e. The number of hydrogen-bond acceptors (Lipinski definition) is 1. The lowest BCUT2D eigenvalue weighted by molar-refractivity contribution is 0.429. The van der Waals surface area contributed by atoms with E-state index in [0.717, 1.165) is 5.92 Å². The third kappa shape index (κ3) is 36.5. The summed E-state index contributed by atoms with van der Waals surface area (Å²) in [6.07, 6.45) is 39.8. The van der Waals surface area contributed by atoms with Gasteiger partial charge in [-0.1, -0.05) is 194 Å². The minimum Gasteiger partial charge on any atom is -0.323 e. The number of hydrogen-bond donors (Lipinski definition) is 1. The van der Waals surface area contributed by atoms with Crippen molar-refractivity contribution in [2.75, 3.05) is 14.1 Å². The van der Waals surface area contributed by atoms with Crippen LogP contribution in [0.15, 0.2) is 0 Å². The van der Waals surface area contributed by atoms with Crippen LogP contribution in [-0.2, 0) is 0 Å². The van der Waals surface area contributed by atoms with E-state index in [2.05, 4.69) is 26.1 Å². The van der Waals surface area contributed by atoms with Crippen LogP contribution < -0.4 is 5.32 Å². The Labute approximate surface area is 219 Å². The van der Waals surface area contributed by atoms with Crippen molar-refractivity contribution >= 4 is 0 Å². The first-order valence-electron chi connectivity index (χ1n) is 16.3. The minimum atomic E-state index is 0.968. The van der Waals surface area contributed by atoms with Gasteiger partial charge in [0.25, 0.3) is 0 Å². The Balaban J connectivity index is 0. The molecule has 0 aromatic heterocycles. The summed E-state index contributed by atoms with van der Waals surface area (Å²) in [5, 5.41) is 2.75. The van der Waals surface area contributed by atoms with Crippen LogP contribution in [0.5, 0.6) is 0 Å². The molecule has 0 aliphatic heterocycles. The molecule has 0 aliphatic carbocycles. The Hall–Kier alpha value is -0.0400. The lowest BCUT2D eigenvalue weighted by Gasteiger charge is -2.11. The first-order chi connectivity index (χ1) is 16.7. The van der Waals surface area contributed by atoms with Gasteiger partial charge in [-0.25, -0.2) is 0 Å². The van der Waals surface area contributed by atoms with E-state index >= 15 is 0 Å². The van der Waals surface area contributed by atoms with Crippen LogP contribution in [0, 0.1) is 5.92 Å². The normalized spacial score (nSPS) is 11.9. The van der Waals surface area contributed by atoms with Crippen molar-refractivity contribution in [3.05, 3.63) is 0 Å². The molecule has 1 N–H and O–H groups in total. The van der Waals surface area contributed by atoms with Crippen LogP contribution in [0.25, 0.3) is 0 Å². The summed E-state index contributed by atoms with van der Waals surface area (Å²) in [5.41, 5.74) is 0. The molecule has 34 heavy (non-hydrogen) atoms. The van der Waals surface area contributed by atoms with Crippen molar-refractivity contribution in [3.63, 3.8) is 0 Å². The summed E-state index contributed by atoms with van der Waals surface area (Å²) in [7, 11) is 3.75. The number of rotatable bonds is 27. The van der Waals surface area contributed by atoms with E-state index in [-0.39, 0.29) is 0 Å². The van der Waals surface area contributed by atoms with Crippen LogP contribution in [0.4, 0.5) is 0 Å². The third-order valence-corrected chi connectivity index (χ3v) is 7.35. The molecular formula is C33H71N. The summed E-state index contributed by atoms with van der Waals surface area (Å²) in [6, 6.07) is 0. The molecule has 1 unspecified atom stereocenters. The Kier molecular flexibility index (Phi) is 37.3. The maximum absolute atomic E-state index is 2.75. The zero-order chi connectivity index (χ0) is 25.4. The molecular weight excluding hydrogens is 410 g/mol. The quantitative estimate of drug-likeness (QED) is 0.115. The minimum absolute atomic E-state index is 0.968. The molecule has 0 amide bonds. The van der Waals surface area contributed by atoms with Gasteiger partial charge in [0.15, 0.2) is 0 Å². The van der Waals surface area contributed by atoms with E-state index in [9.17, 15) is 0 Å². The average molecular weight is 482 g/mol. The van der Waals surface area contributed by atoms with Gasteiger partial charge in [0.1, 0.15) is 0 Å². The van der Waals surface area contributed by atoms with Crippen molar-refractivity contribution in [2.45, 2.75) is 194 Å². The molecule has 1 atom stereocenters. The van der Waals surface area contributed by atoms with Gasteiger partial charge in [0, 0.05) is 0 Å². The molecule has 1 nitrogen and oxygen atoms in total. The molecule has 0 aromatic carbocycles. The highest BCUT2D eigenvalue weighted by molar-refractivity contribution is 4.56. The second kappa shape index (κ2) is 35.1. The van der Waals surface area contributed by atoms with Crippen LogP contribution in [0.2, 0.25) is 0 Å². The standard InChI is InChI=1S/C31H64.C2H7N/c1-4-6-8-10-12-14-16-18-20-22-24-26-28-30-31(3)29-27-25-23-21-19-17-15-13-11-9-7-5-2;1-3-2/h31H,4-30H2,1-3H3;3H,1-2H3. The van der Waals surface area contributed by atoms with Gasteiger partial charge in [-0.2, -0.15) is 0 Å². The molecule has 0 saturated heterocycles. The molecule has 0 bridgehead atoms. The van der Waals surface area contributed by atoms with Crippen molar-refractivity contribution in [1.82, 2.24) is 5.32 Å². The first kappa shape index (κ1) is 36.1. The van der Waals surface area contributed by atoms with Gasteiger partial charge in [0.2, 0.25) is 0 Å². The Morgan fingerprint density at radius 2 is 0.529 bits per heavy atom. The molecule has 1 heteroatoms. The summed E-state index contributed by atoms with van der Waals surface area (Å²) in [4.78, 5) is 0. The molecule has 0 aromatic rings. The molecule has 208 valence electrons. The van der Waals surface area contributed by atoms with Gasteiger partial charge in [-0.05, 0) is 20.0 Å². The van der Waals surface area contributed by atoms with E-state index in [1.807, 2.05) is 14.1 Å².